The molecule has 112 valence electrons. The predicted molar refractivity (Wildman–Crippen MR) is 79.8 cm³/mol. The van der Waals surface area contributed by atoms with Crippen LogP contribution in [0.25, 0.3) is 0 Å². The molecule has 1 aromatic heterocycles. The number of carbonyl (C=O) groups excluding carboxylic acids is 1. The minimum absolute atomic E-state index is 0.140. The molecule has 0 spiro atoms. The number of carbonyl (C=O) groups is 1. The molecule has 0 bridgehead atoms. The maximum absolute atomic E-state index is 11.8. The molecule has 0 amide bonds. The molecule has 0 N–H and O–H groups in total. The lowest BCUT2D eigenvalue weighted by atomic mass is 10.3. The van der Waals surface area contributed by atoms with Crippen LogP contribution in [0.1, 0.15) is 23.1 Å². The molecule has 0 radical (unpaired) electrons. The molecular weight excluding hydrogens is 292 g/mol. The molecule has 1 aromatic carbocycles. The van der Waals surface area contributed by atoms with Gasteiger partial charge in [-0.15, -0.1) is 0 Å². The van der Waals surface area contributed by atoms with Crippen molar-refractivity contribution in [2.24, 2.45) is 7.05 Å². The Hall–Kier alpha value is -2.01. The van der Waals surface area contributed by atoms with Crippen LogP contribution in [0.5, 0.6) is 5.75 Å². The summed E-state index contributed by atoms with van der Waals surface area (Å²) in [4.78, 5) is 11.8. The number of nitrogens with zero attached hydrogens (tertiary/aromatic N) is 2. The zero-order chi connectivity index (χ0) is 15.4. The first-order valence-electron chi connectivity index (χ1n) is 6.55. The fraction of sp³-hybridized carbons (Fsp3) is 0.333. The van der Waals surface area contributed by atoms with Gasteiger partial charge in [0, 0.05) is 17.8 Å². The third kappa shape index (κ3) is 4.23. The molecule has 0 aliphatic heterocycles. The Kier molecular flexibility index (Phi) is 4.85. The minimum Gasteiger partial charge on any atom is -0.487 e. The number of hydrogen-bond donors (Lipinski definition) is 0. The van der Waals surface area contributed by atoms with Gasteiger partial charge in [0.2, 0.25) is 0 Å². The Morgan fingerprint density at radius 3 is 2.81 bits per heavy atom. The molecule has 2 rings (SSSR count). The van der Waals surface area contributed by atoms with Crippen molar-refractivity contribution in [3.63, 3.8) is 0 Å². The maximum atomic E-state index is 11.8. The van der Waals surface area contributed by atoms with Gasteiger partial charge in [0.1, 0.15) is 18.5 Å². The molecule has 0 fully saturated rings. The number of aromatic nitrogens is 2. The Balaban J connectivity index is 1.86. The maximum Gasteiger partial charge on any atom is 0.358 e. The molecule has 0 aliphatic rings. The van der Waals surface area contributed by atoms with E-state index in [2.05, 4.69) is 5.10 Å². The largest absolute Gasteiger partial charge is 0.487 e. The summed E-state index contributed by atoms with van der Waals surface area (Å²) < 4.78 is 12.4. The van der Waals surface area contributed by atoms with Crippen LogP contribution in [0, 0.1) is 6.92 Å². The number of esters is 1. The zero-order valence-electron chi connectivity index (χ0n) is 12.2. The van der Waals surface area contributed by atoms with Gasteiger partial charge < -0.3 is 9.47 Å². The summed E-state index contributed by atoms with van der Waals surface area (Å²) in [7, 11) is 1.77. The van der Waals surface area contributed by atoms with Gasteiger partial charge in [0.05, 0.1) is 0 Å². The van der Waals surface area contributed by atoms with Gasteiger partial charge in [-0.25, -0.2) is 4.79 Å². The quantitative estimate of drug-likeness (QED) is 0.797. The van der Waals surface area contributed by atoms with Crippen LogP contribution in [0.2, 0.25) is 5.02 Å². The van der Waals surface area contributed by atoms with Gasteiger partial charge >= 0.3 is 5.97 Å². The lowest BCUT2D eigenvalue weighted by molar-refractivity contribution is 0.0334. The van der Waals surface area contributed by atoms with Crippen LogP contribution in [-0.2, 0) is 11.8 Å². The molecule has 0 aliphatic carbocycles. The third-order valence-electron chi connectivity index (χ3n) is 2.91. The van der Waals surface area contributed by atoms with Crippen molar-refractivity contribution < 1.29 is 14.3 Å². The van der Waals surface area contributed by atoms with Crippen LogP contribution in [0.3, 0.4) is 0 Å². The van der Waals surface area contributed by atoms with E-state index in [0.717, 1.165) is 5.69 Å². The fourth-order valence-corrected chi connectivity index (χ4v) is 1.91. The van der Waals surface area contributed by atoms with Gasteiger partial charge in [-0.2, -0.15) is 5.10 Å². The van der Waals surface area contributed by atoms with Crippen molar-refractivity contribution in [3.8, 4) is 5.75 Å². The van der Waals surface area contributed by atoms with E-state index in [4.69, 9.17) is 21.1 Å². The van der Waals surface area contributed by atoms with E-state index in [1.807, 2.05) is 13.8 Å². The number of rotatable bonds is 5. The van der Waals surface area contributed by atoms with Crippen molar-refractivity contribution in [2.45, 2.75) is 20.0 Å². The van der Waals surface area contributed by atoms with Crippen LogP contribution in [-0.4, -0.2) is 28.5 Å². The molecule has 0 saturated carbocycles. The molecule has 0 saturated heterocycles. The Morgan fingerprint density at radius 1 is 1.43 bits per heavy atom. The number of benzene rings is 1. The molecule has 1 atom stereocenters. The standard InChI is InChI=1S/C15H17ClN2O3/c1-10-7-14(17-18(10)3)15(19)20-9-11(2)21-13-6-4-5-12(16)8-13/h4-8,11H,9H2,1-3H3. The predicted octanol–water partition coefficient (Wildman–Crippen LogP) is 3.01. The smallest absolute Gasteiger partial charge is 0.358 e. The van der Waals surface area contributed by atoms with E-state index in [0.29, 0.717) is 16.5 Å². The highest BCUT2D eigenvalue weighted by Gasteiger charge is 2.14. The number of hydrogen-bond acceptors (Lipinski definition) is 4. The van der Waals surface area contributed by atoms with E-state index in [1.54, 1.807) is 42.1 Å². The van der Waals surface area contributed by atoms with Crippen LogP contribution in [0.4, 0.5) is 0 Å². The van der Waals surface area contributed by atoms with Gasteiger partial charge in [0.15, 0.2) is 5.69 Å². The van der Waals surface area contributed by atoms with Crippen molar-refractivity contribution in [3.05, 3.63) is 46.7 Å². The molecule has 1 unspecified atom stereocenters. The van der Waals surface area contributed by atoms with E-state index >= 15 is 0 Å². The van der Waals surface area contributed by atoms with Gasteiger partial charge in [0.25, 0.3) is 0 Å². The van der Waals surface area contributed by atoms with Crippen molar-refractivity contribution in [1.82, 2.24) is 9.78 Å². The first-order valence-corrected chi connectivity index (χ1v) is 6.93. The van der Waals surface area contributed by atoms with E-state index in [1.165, 1.54) is 0 Å². The molecule has 21 heavy (non-hydrogen) atoms. The minimum atomic E-state index is -0.458. The number of aryl methyl sites for hydroxylation is 2. The first kappa shape index (κ1) is 15.4. The molecule has 5 nitrogen and oxygen atoms in total. The Morgan fingerprint density at radius 2 is 2.19 bits per heavy atom. The van der Waals surface area contributed by atoms with Crippen LogP contribution in [0.15, 0.2) is 30.3 Å². The summed E-state index contributed by atoms with van der Waals surface area (Å²) in [5.41, 5.74) is 1.19. The molecule has 6 heteroatoms. The second kappa shape index (κ2) is 6.63. The summed E-state index contributed by atoms with van der Waals surface area (Å²) in [6.07, 6.45) is -0.280. The van der Waals surface area contributed by atoms with Crippen LogP contribution < -0.4 is 4.74 Å². The summed E-state index contributed by atoms with van der Waals surface area (Å²) in [5, 5.41) is 4.67. The second-order valence-corrected chi connectivity index (χ2v) is 5.22. The highest BCUT2D eigenvalue weighted by molar-refractivity contribution is 6.30. The van der Waals surface area contributed by atoms with E-state index in [-0.39, 0.29) is 12.7 Å². The molecule has 1 heterocycles. The van der Waals surface area contributed by atoms with E-state index in [9.17, 15) is 4.79 Å². The average Bonchev–Trinajstić information content (AvgIpc) is 2.76. The highest BCUT2D eigenvalue weighted by Crippen LogP contribution is 2.18. The summed E-state index contributed by atoms with van der Waals surface area (Å²) in [5.74, 6) is 0.181. The monoisotopic (exact) mass is 308 g/mol. The highest BCUT2D eigenvalue weighted by atomic mass is 35.5. The number of ether oxygens (including phenoxy) is 2. The topological polar surface area (TPSA) is 53.4 Å². The second-order valence-electron chi connectivity index (χ2n) is 4.78. The lowest BCUT2D eigenvalue weighted by Crippen LogP contribution is -2.22. The van der Waals surface area contributed by atoms with Crippen molar-refractivity contribution in [2.75, 3.05) is 6.61 Å². The lowest BCUT2D eigenvalue weighted by Gasteiger charge is -2.14. The van der Waals surface area contributed by atoms with Gasteiger partial charge in [-0.05, 0) is 38.1 Å². The SMILES string of the molecule is Cc1cc(C(=O)OCC(C)Oc2cccc(Cl)c2)nn1C. The average molecular weight is 309 g/mol. The Labute approximate surface area is 128 Å². The summed E-state index contributed by atoms with van der Waals surface area (Å²) >= 11 is 5.88. The fourth-order valence-electron chi connectivity index (χ4n) is 1.73. The van der Waals surface area contributed by atoms with E-state index < -0.39 is 5.97 Å². The van der Waals surface area contributed by atoms with Crippen LogP contribution >= 0.6 is 11.6 Å². The Bertz CT molecular complexity index is 620. The normalized spacial score (nSPS) is 12.0. The summed E-state index contributed by atoms with van der Waals surface area (Å²) in [6, 6.07) is 8.76. The summed E-state index contributed by atoms with van der Waals surface area (Å²) in [6.45, 7) is 3.83. The van der Waals surface area contributed by atoms with Crippen molar-refractivity contribution >= 4 is 17.6 Å². The molecular formula is C15H17ClN2O3. The first-order chi connectivity index (χ1) is 9.95. The van der Waals surface area contributed by atoms with Gasteiger partial charge in [-0.3, -0.25) is 4.68 Å². The third-order valence-corrected chi connectivity index (χ3v) is 3.14. The molecule has 2 aromatic rings. The van der Waals surface area contributed by atoms with Gasteiger partial charge in [-0.1, -0.05) is 17.7 Å². The van der Waals surface area contributed by atoms with Crippen molar-refractivity contribution in [1.29, 1.82) is 0 Å². The zero-order valence-corrected chi connectivity index (χ0v) is 12.9. The number of halogens is 1.